The molecule has 0 aliphatic carbocycles. The highest BCUT2D eigenvalue weighted by molar-refractivity contribution is 7.99. The summed E-state index contributed by atoms with van der Waals surface area (Å²) < 4.78 is 5.86. The van der Waals surface area contributed by atoms with Crippen LogP contribution in [-0.2, 0) is 6.42 Å². The van der Waals surface area contributed by atoms with E-state index in [1.54, 1.807) is 23.9 Å². The Morgan fingerprint density at radius 1 is 1.24 bits per heavy atom. The van der Waals surface area contributed by atoms with Crippen molar-refractivity contribution in [1.82, 2.24) is 0 Å². The summed E-state index contributed by atoms with van der Waals surface area (Å²) in [6, 6.07) is 11.2. The predicted octanol–water partition coefficient (Wildman–Crippen LogP) is 5.76. The first-order valence-electron chi connectivity index (χ1n) is 8.40. The SMILES string of the molecule is CCCc1c(OCCCSc2ccccc2Cl)ccc(C(C)=O)c1O. The number of rotatable bonds is 9. The number of phenolic OH excluding ortho intramolecular Hbond substituents is 1. The molecule has 0 fully saturated rings. The Bertz CT molecular complexity index is 731. The van der Waals surface area contributed by atoms with Gasteiger partial charge in [0.2, 0.25) is 0 Å². The average Bonchev–Trinajstić information content (AvgIpc) is 2.58. The van der Waals surface area contributed by atoms with Crippen molar-refractivity contribution in [3.63, 3.8) is 0 Å². The van der Waals surface area contributed by atoms with Crippen molar-refractivity contribution in [3.05, 3.63) is 52.5 Å². The molecule has 0 spiro atoms. The van der Waals surface area contributed by atoms with E-state index in [-0.39, 0.29) is 11.5 Å². The maximum Gasteiger partial charge on any atom is 0.163 e. The van der Waals surface area contributed by atoms with Gasteiger partial charge in [0.25, 0.3) is 0 Å². The van der Waals surface area contributed by atoms with Crippen molar-refractivity contribution in [2.75, 3.05) is 12.4 Å². The zero-order valence-corrected chi connectivity index (χ0v) is 16.1. The molecule has 134 valence electrons. The maximum atomic E-state index is 11.6. The second-order valence-corrected chi connectivity index (χ2v) is 7.27. The van der Waals surface area contributed by atoms with Gasteiger partial charge >= 0.3 is 0 Å². The van der Waals surface area contributed by atoms with E-state index in [0.29, 0.717) is 29.9 Å². The van der Waals surface area contributed by atoms with E-state index in [2.05, 4.69) is 0 Å². The fourth-order valence-corrected chi connectivity index (χ4v) is 3.68. The van der Waals surface area contributed by atoms with E-state index >= 15 is 0 Å². The Morgan fingerprint density at radius 2 is 2.00 bits per heavy atom. The van der Waals surface area contributed by atoms with Crippen LogP contribution in [0.25, 0.3) is 0 Å². The number of Topliss-reactive ketones (excluding diaryl/α,β-unsaturated/α-hetero) is 1. The van der Waals surface area contributed by atoms with Crippen LogP contribution in [0.15, 0.2) is 41.3 Å². The molecule has 2 rings (SSSR count). The van der Waals surface area contributed by atoms with E-state index in [1.807, 2.05) is 31.2 Å². The first kappa shape index (κ1) is 19.7. The minimum atomic E-state index is -0.141. The summed E-state index contributed by atoms with van der Waals surface area (Å²) in [5.74, 6) is 1.46. The molecule has 0 atom stereocenters. The molecule has 0 aliphatic heterocycles. The standard InChI is InChI=1S/C20H23ClO3S/c1-3-7-16-18(11-10-15(14(2)22)20(16)23)24-12-6-13-25-19-9-5-4-8-17(19)21/h4-5,8-11,23H,3,6-7,12-13H2,1-2H3. The molecule has 2 aromatic rings. The summed E-state index contributed by atoms with van der Waals surface area (Å²) in [6.07, 6.45) is 2.40. The van der Waals surface area contributed by atoms with Gasteiger partial charge < -0.3 is 9.84 Å². The number of halogens is 1. The van der Waals surface area contributed by atoms with Gasteiger partial charge in [-0.05, 0) is 44.0 Å². The summed E-state index contributed by atoms with van der Waals surface area (Å²) >= 11 is 7.84. The monoisotopic (exact) mass is 378 g/mol. The number of benzene rings is 2. The second kappa shape index (κ2) is 9.73. The second-order valence-electron chi connectivity index (χ2n) is 5.73. The third-order valence-electron chi connectivity index (χ3n) is 3.76. The average molecular weight is 379 g/mol. The molecule has 0 bridgehead atoms. The van der Waals surface area contributed by atoms with E-state index in [1.165, 1.54) is 6.92 Å². The summed E-state index contributed by atoms with van der Waals surface area (Å²) in [5, 5.41) is 11.1. The number of hydrogen-bond acceptors (Lipinski definition) is 4. The van der Waals surface area contributed by atoms with Gasteiger partial charge in [0.05, 0.1) is 17.2 Å². The van der Waals surface area contributed by atoms with Gasteiger partial charge in [-0.1, -0.05) is 37.1 Å². The minimum Gasteiger partial charge on any atom is -0.507 e. The van der Waals surface area contributed by atoms with E-state index in [9.17, 15) is 9.90 Å². The van der Waals surface area contributed by atoms with Gasteiger partial charge in [-0.25, -0.2) is 0 Å². The van der Waals surface area contributed by atoms with Crippen LogP contribution in [0.4, 0.5) is 0 Å². The molecule has 1 N–H and O–H groups in total. The summed E-state index contributed by atoms with van der Waals surface area (Å²) in [6.45, 7) is 4.04. The molecule has 0 saturated heterocycles. The number of thioether (sulfide) groups is 1. The lowest BCUT2D eigenvalue weighted by atomic mass is 10.0. The smallest absolute Gasteiger partial charge is 0.163 e. The lowest BCUT2D eigenvalue weighted by Gasteiger charge is -2.14. The first-order chi connectivity index (χ1) is 12.0. The first-order valence-corrected chi connectivity index (χ1v) is 9.76. The van der Waals surface area contributed by atoms with Crippen molar-refractivity contribution >= 4 is 29.1 Å². The molecule has 0 amide bonds. The Labute approximate surface area is 158 Å². The zero-order chi connectivity index (χ0) is 18.2. The normalized spacial score (nSPS) is 10.7. The largest absolute Gasteiger partial charge is 0.507 e. The lowest BCUT2D eigenvalue weighted by molar-refractivity contribution is 0.101. The van der Waals surface area contributed by atoms with Gasteiger partial charge in [0.1, 0.15) is 11.5 Å². The van der Waals surface area contributed by atoms with Gasteiger partial charge in [-0.3, -0.25) is 4.79 Å². The third kappa shape index (κ3) is 5.41. The van der Waals surface area contributed by atoms with Crippen LogP contribution in [0.2, 0.25) is 5.02 Å². The van der Waals surface area contributed by atoms with Crippen LogP contribution >= 0.6 is 23.4 Å². The number of phenols is 1. The Balaban J connectivity index is 1.93. The zero-order valence-electron chi connectivity index (χ0n) is 14.5. The predicted molar refractivity (Wildman–Crippen MR) is 104 cm³/mol. The summed E-state index contributed by atoms with van der Waals surface area (Å²) in [5.41, 5.74) is 1.07. The van der Waals surface area contributed by atoms with E-state index in [0.717, 1.165) is 28.5 Å². The topological polar surface area (TPSA) is 46.5 Å². The molecule has 0 unspecified atom stereocenters. The number of ketones is 1. The molecule has 0 saturated carbocycles. The number of carbonyl (C=O) groups is 1. The molecular weight excluding hydrogens is 356 g/mol. The van der Waals surface area contributed by atoms with Crippen molar-refractivity contribution in [3.8, 4) is 11.5 Å². The summed E-state index contributed by atoms with van der Waals surface area (Å²) in [4.78, 5) is 12.6. The minimum absolute atomic E-state index is 0.0530. The number of aromatic hydroxyl groups is 1. The highest BCUT2D eigenvalue weighted by atomic mass is 35.5. The van der Waals surface area contributed by atoms with E-state index in [4.69, 9.17) is 16.3 Å². The third-order valence-corrected chi connectivity index (χ3v) is 5.36. The molecule has 0 aromatic heterocycles. The highest BCUT2D eigenvalue weighted by Gasteiger charge is 2.15. The molecular formula is C20H23ClO3S. The van der Waals surface area contributed by atoms with Crippen molar-refractivity contribution in [2.45, 2.75) is 38.0 Å². The van der Waals surface area contributed by atoms with Gasteiger partial charge in [-0.15, -0.1) is 11.8 Å². The lowest BCUT2D eigenvalue weighted by Crippen LogP contribution is -2.04. The quantitative estimate of drug-likeness (QED) is 0.342. The van der Waals surface area contributed by atoms with Gasteiger partial charge in [0.15, 0.2) is 5.78 Å². The van der Waals surface area contributed by atoms with Crippen LogP contribution in [0.3, 0.4) is 0 Å². The number of carbonyl (C=O) groups excluding carboxylic acids is 1. The van der Waals surface area contributed by atoms with Crippen molar-refractivity contribution < 1.29 is 14.6 Å². The molecule has 0 aliphatic rings. The Kier molecular flexibility index (Phi) is 7.66. The summed E-state index contributed by atoms with van der Waals surface area (Å²) in [7, 11) is 0. The molecule has 0 radical (unpaired) electrons. The van der Waals surface area contributed by atoms with Crippen LogP contribution < -0.4 is 4.74 Å². The number of ether oxygens (including phenoxy) is 1. The fourth-order valence-electron chi connectivity index (χ4n) is 2.51. The van der Waals surface area contributed by atoms with Crippen molar-refractivity contribution in [2.24, 2.45) is 0 Å². The van der Waals surface area contributed by atoms with Gasteiger partial charge in [0, 0.05) is 16.2 Å². The molecule has 2 aromatic carbocycles. The van der Waals surface area contributed by atoms with Crippen LogP contribution in [0, 0.1) is 0 Å². The van der Waals surface area contributed by atoms with Crippen LogP contribution in [-0.4, -0.2) is 23.2 Å². The molecule has 0 heterocycles. The molecule has 25 heavy (non-hydrogen) atoms. The highest BCUT2D eigenvalue weighted by Crippen LogP contribution is 2.33. The maximum absolute atomic E-state index is 11.6. The van der Waals surface area contributed by atoms with Crippen LogP contribution in [0.5, 0.6) is 11.5 Å². The van der Waals surface area contributed by atoms with E-state index < -0.39 is 0 Å². The molecule has 5 heteroatoms. The van der Waals surface area contributed by atoms with Crippen LogP contribution in [0.1, 0.15) is 42.6 Å². The Hall–Kier alpha value is -1.65. The number of hydrogen-bond donors (Lipinski definition) is 1. The van der Waals surface area contributed by atoms with Crippen molar-refractivity contribution in [1.29, 1.82) is 0 Å². The van der Waals surface area contributed by atoms with Gasteiger partial charge in [-0.2, -0.15) is 0 Å². The molecule has 3 nitrogen and oxygen atoms in total. The fraction of sp³-hybridized carbons (Fsp3) is 0.350. The Morgan fingerprint density at radius 3 is 2.68 bits per heavy atom.